The first kappa shape index (κ1) is 29.0. The van der Waals surface area contributed by atoms with E-state index in [9.17, 15) is 18.0 Å². The molecule has 0 radical (unpaired) electrons. The highest BCUT2D eigenvalue weighted by molar-refractivity contribution is 7.89. The lowest BCUT2D eigenvalue weighted by molar-refractivity contribution is -0.141. The van der Waals surface area contributed by atoms with Crippen molar-refractivity contribution in [3.63, 3.8) is 0 Å². The summed E-state index contributed by atoms with van der Waals surface area (Å²) in [5.74, 6) is -0.751. The SMILES string of the molecule is CC(C)NC(=O)[C@@H](Cc1ccccc1)N(Cc1ccccc1)C(=O)CN(C)S(=O)(=O)c1ccc2ccccc2c1. The van der Waals surface area contributed by atoms with Crippen molar-refractivity contribution in [2.75, 3.05) is 13.6 Å². The summed E-state index contributed by atoms with van der Waals surface area (Å²) < 4.78 is 28.1. The lowest BCUT2D eigenvalue weighted by Crippen LogP contribution is -2.53. The van der Waals surface area contributed by atoms with Gasteiger partial charge in [-0.15, -0.1) is 0 Å². The number of hydrogen-bond donors (Lipinski definition) is 1. The van der Waals surface area contributed by atoms with Crippen LogP contribution in [0.3, 0.4) is 0 Å². The van der Waals surface area contributed by atoms with Crippen molar-refractivity contribution in [2.45, 2.75) is 43.8 Å². The largest absolute Gasteiger partial charge is 0.352 e. The number of hydrogen-bond acceptors (Lipinski definition) is 4. The molecule has 0 aliphatic carbocycles. The van der Waals surface area contributed by atoms with Crippen LogP contribution in [0.2, 0.25) is 0 Å². The summed E-state index contributed by atoms with van der Waals surface area (Å²) in [7, 11) is -2.58. The fourth-order valence-corrected chi connectivity index (χ4v) is 5.75. The average molecular weight is 558 g/mol. The third-order valence-corrected chi connectivity index (χ3v) is 8.48. The zero-order chi connectivity index (χ0) is 28.7. The molecule has 208 valence electrons. The standard InChI is InChI=1S/C32H35N3O4S/c1-24(2)33-32(37)30(20-25-12-6-4-7-13-25)35(22-26-14-8-5-9-15-26)31(36)23-34(3)40(38,39)29-19-18-27-16-10-11-17-28(27)21-29/h4-19,21,24,30H,20,22-23H2,1-3H3,(H,33,37)/t30-/m1/s1. The Morgan fingerprint density at radius 2 is 1.35 bits per heavy atom. The predicted molar refractivity (Wildman–Crippen MR) is 158 cm³/mol. The minimum absolute atomic E-state index is 0.106. The van der Waals surface area contributed by atoms with Crippen LogP contribution >= 0.6 is 0 Å². The zero-order valence-electron chi connectivity index (χ0n) is 23.0. The van der Waals surface area contributed by atoms with Gasteiger partial charge in [0.15, 0.2) is 0 Å². The summed E-state index contributed by atoms with van der Waals surface area (Å²) in [6.45, 7) is 3.48. The molecule has 0 fully saturated rings. The average Bonchev–Trinajstić information content (AvgIpc) is 2.95. The van der Waals surface area contributed by atoms with E-state index in [1.54, 1.807) is 18.2 Å². The highest BCUT2D eigenvalue weighted by Crippen LogP contribution is 2.22. The second-order valence-corrected chi connectivity index (χ2v) is 12.2. The Balaban J connectivity index is 1.65. The molecule has 0 saturated heterocycles. The number of sulfonamides is 1. The molecule has 4 aromatic rings. The molecule has 7 nitrogen and oxygen atoms in total. The number of carbonyl (C=O) groups is 2. The molecule has 0 unspecified atom stereocenters. The Labute approximate surface area is 236 Å². The van der Waals surface area contributed by atoms with Crippen LogP contribution in [0.15, 0.2) is 108 Å². The van der Waals surface area contributed by atoms with E-state index in [0.717, 1.165) is 26.2 Å². The maximum absolute atomic E-state index is 13.9. The van der Waals surface area contributed by atoms with Gasteiger partial charge in [-0.2, -0.15) is 4.31 Å². The van der Waals surface area contributed by atoms with Crippen molar-refractivity contribution in [3.05, 3.63) is 114 Å². The molecule has 4 aromatic carbocycles. The molecular formula is C32H35N3O4S. The molecule has 1 atom stereocenters. The third kappa shape index (κ3) is 7.14. The molecule has 2 amide bonds. The van der Waals surface area contributed by atoms with Gasteiger partial charge in [0.1, 0.15) is 6.04 Å². The molecule has 1 N–H and O–H groups in total. The third-order valence-electron chi connectivity index (χ3n) is 6.68. The Morgan fingerprint density at radius 3 is 1.98 bits per heavy atom. The summed E-state index contributed by atoms with van der Waals surface area (Å²) in [4.78, 5) is 29.0. The molecule has 0 heterocycles. The van der Waals surface area contributed by atoms with E-state index in [-0.39, 0.29) is 23.4 Å². The van der Waals surface area contributed by atoms with Crippen LogP contribution in [0, 0.1) is 0 Å². The normalized spacial score (nSPS) is 12.4. The van der Waals surface area contributed by atoms with Crippen LogP contribution in [0.25, 0.3) is 10.8 Å². The lowest BCUT2D eigenvalue weighted by Gasteiger charge is -2.33. The smallest absolute Gasteiger partial charge is 0.243 e. The number of benzene rings is 4. The van der Waals surface area contributed by atoms with Crippen molar-refractivity contribution >= 4 is 32.6 Å². The Kier molecular flexibility index (Phi) is 9.34. The van der Waals surface area contributed by atoms with E-state index in [1.165, 1.54) is 11.9 Å². The Hall–Kier alpha value is -4.01. The van der Waals surface area contributed by atoms with Crippen molar-refractivity contribution < 1.29 is 18.0 Å². The van der Waals surface area contributed by atoms with Gasteiger partial charge >= 0.3 is 0 Å². The van der Waals surface area contributed by atoms with Gasteiger partial charge in [0.25, 0.3) is 0 Å². The maximum atomic E-state index is 13.9. The van der Waals surface area contributed by atoms with Gasteiger partial charge in [-0.1, -0.05) is 91.0 Å². The van der Waals surface area contributed by atoms with Crippen molar-refractivity contribution in [1.82, 2.24) is 14.5 Å². The molecule has 0 spiro atoms. The molecule has 0 saturated carbocycles. The van der Waals surface area contributed by atoms with Crippen molar-refractivity contribution in [1.29, 1.82) is 0 Å². The van der Waals surface area contributed by atoms with Gasteiger partial charge in [-0.25, -0.2) is 8.42 Å². The van der Waals surface area contributed by atoms with Gasteiger partial charge < -0.3 is 10.2 Å². The number of carbonyl (C=O) groups excluding carboxylic acids is 2. The van der Waals surface area contributed by atoms with Crippen molar-refractivity contribution in [3.8, 4) is 0 Å². The predicted octanol–water partition coefficient (Wildman–Crippen LogP) is 4.63. The number of likely N-dealkylation sites (N-methyl/N-ethyl adjacent to an activating group) is 1. The van der Waals surface area contributed by atoms with Crippen LogP contribution in [0.4, 0.5) is 0 Å². The lowest BCUT2D eigenvalue weighted by atomic mass is 10.0. The van der Waals surface area contributed by atoms with Crippen molar-refractivity contribution in [2.24, 2.45) is 0 Å². The second kappa shape index (κ2) is 12.9. The first-order valence-electron chi connectivity index (χ1n) is 13.3. The van der Waals surface area contributed by atoms with Crippen LogP contribution in [-0.4, -0.2) is 55.1 Å². The summed E-state index contributed by atoms with van der Waals surface area (Å²) in [5.41, 5.74) is 1.74. The van der Waals surface area contributed by atoms with Crippen LogP contribution in [0.1, 0.15) is 25.0 Å². The number of amides is 2. The van der Waals surface area contributed by atoms with Gasteiger partial charge in [0.2, 0.25) is 21.8 Å². The van der Waals surface area contributed by atoms with E-state index in [0.29, 0.717) is 6.42 Å². The summed E-state index contributed by atoms with van der Waals surface area (Å²) >= 11 is 0. The number of nitrogens with one attached hydrogen (secondary N) is 1. The van der Waals surface area contributed by atoms with E-state index < -0.39 is 28.5 Å². The van der Waals surface area contributed by atoms with Gasteiger partial charge in [0, 0.05) is 26.1 Å². The van der Waals surface area contributed by atoms with E-state index in [4.69, 9.17) is 0 Å². The number of rotatable bonds is 11. The van der Waals surface area contributed by atoms with E-state index in [2.05, 4.69) is 5.32 Å². The van der Waals surface area contributed by atoms with Gasteiger partial charge in [0.05, 0.1) is 11.4 Å². The molecule has 0 aliphatic rings. The summed E-state index contributed by atoms with van der Waals surface area (Å²) in [6, 6.07) is 30.3. The topological polar surface area (TPSA) is 86.8 Å². The van der Waals surface area contributed by atoms with Crippen LogP contribution < -0.4 is 5.32 Å². The molecule has 8 heteroatoms. The number of nitrogens with zero attached hydrogens (tertiary/aromatic N) is 2. The Morgan fingerprint density at radius 1 is 0.775 bits per heavy atom. The molecule has 40 heavy (non-hydrogen) atoms. The molecule has 0 bridgehead atoms. The minimum Gasteiger partial charge on any atom is -0.352 e. The molecule has 0 aliphatic heterocycles. The second-order valence-electron chi connectivity index (χ2n) is 10.1. The van der Waals surface area contributed by atoms with E-state index >= 15 is 0 Å². The fraction of sp³-hybridized carbons (Fsp3) is 0.250. The molecule has 0 aromatic heterocycles. The quantitative estimate of drug-likeness (QED) is 0.292. The monoisotopic (exact) mass is 557 g/mol. The Bertz CT molecular complexity index is 1560. The highest BCUT2D eigenvalue weighted by Gasteiger charge is 2.33. The van der Waals surface area contributed by atoms with Crippen LogP contribution in [-0.2, 0) is 32.6 Å². The molecular weight excluding hydrogens is 522 g/mol. The van der Waals surface area contributed by atoms with Gasteiger partial charge in [-0.05, 0) is 47.9 Å². The van der Waals surface area contributed by atoms with E-state index in [1.807, 2.05) is 98.8 Å². The first-order valence-corrected chi connectivity index (χ1v) is 14.7. The number of fused-ring (bicyclic) bond motifs is 1. The summed E-state index contributed by atoms with van der Waals surface area (Å²) in [5, 5.41) is 4.66. The van der Waals surface area contributed by atoms with Gasteiger partial charge in [-0.3, -0.25) is 9.59 Å². The summed E-state index contributed by atoms with van der Waals surface area (Å²) in [6.07, 6.45) is 0.291. The first-order chi connectivity index (χ1) is 19.1. The minimum atomic E-state index is -3.97. The maximum Gasteiger partial charge on any atom is 0.243 e. The highest BCUT2D eigenvalue weighted by atomic mass is 32.2. The molecule has 4 rings (SSSR count). The fourth-order valence-electron chi connectivity index (χ4n) is 4.59. The van der Waals surface area contributed by atoms with Crippen LogP contribution in [0.5, 0.6) is 0 Å². The zero-order valence-corrected chi connectivity index (χ0v) is 23.8.